The molecule has 4 heterocycles. The minimum atomic E-state index is -4.79. The van der Waals surface area contributed by atoms with Gasteiger partial charge in [-0.05, 0) is 116 Å². The van der Waals surface area contributed by atoms with Crippen molar-refractivity contribution in [1.82, 2.24) is 24.2 Å². The third kappa shape index (κ3) is 11.3. The summed E-state index contributed by atoms with van der Waals surface area (Å²) in [6.45, 7) is 10.8. The zero-order valence-electron chi connectivity index (χ0n) is 39.8. The van der Waals surface area contributed by atoms with Crippen LogP contribution in [0.5, 0.6) is 11.8 Å². The van der Waals surface area contributed by atoms with Crippen LogP contribution in [0.4, 0.5) is 13.2 Å². The zero-order valence-corrected chi connectivity index (χ0v) is 41.4. The summed E-state index contributed by atoms with van der Waals surface area (Å²) in [5.74, 6) is -3.50. The lowest BCUT2D eigenvalue weighted by Gasteiger charge is -2.29. The molecular weight excluding hydrogens is 936 g/mol. The van der Waals surface area contributed by atoms with Crippen molar-refractivity contribution in [2.24, 2.45) is 17.3 Å². The summed E-state index contributed by atoms with van der Waals surface area (Å²) in [5, 5.41) is 2.55. The number of Topliss-reactive ketones (excluding diaryl/α,β-unsaturated/α-hetero) is 1. The van der Waals surface area contributed by atoms with Crippen LogP contribution in [0, 0.1) is 17.3 Å². The molecule has 0 radical (unpaired) electrons. The Kier molecular flexibility index (Phi) is 13.9. The van der Waals surface area contributed by atoms with Gasteiger partial charge in [0.15, 0.2) is 5.78 Å². The average molecular weight is 996 g/mol. The molecule has 14 nitrogen and oxygen atoms in total. The van der Waals surface area contributed by atoms with E-state index in [0.29, 0.717) is 54.7 Å². The number of alkyl halides is 3. The van der Waals surface area contributed by atoms with Gasteiger partial charge in [0.25, 0.3) is 6.01 Å². The topological polar surface area (TPSA) is 176 Å². The minimum Gasteiger partial charge on any atom is -0.460 e. The van der Waals surface area contributed by atoms with Crippen molar-refractivity contribution in [2.75, 3.05) is 6.54 Å². The summed E-state index contributed by atoms with van der Waals surface area (Å²) >= 11 is 1.40. The second kappa shape index (κ2) is 19.1. The second-order valence-corrected chi connectivity index (χ2v) is 23.6. The molecule has 372 valence electrons. The first-order valence-corrected chi connectivity index (χ1v) is 26.1. The normalized spacial score (nSPS) is 24.8. The van der Waals surface area contributed by atoms with E-state index >= 15 is 0 Å². The van der Waals surface area contributed by atoms with Crippen LogP contribution in [-0.4, -0.2) is 86.8 Å². The van der Waals surface area contributed by atoms with Crippen molar-refractivity contribution in [3.05, 3.63) is 71.3 Å². The predicted octanol–water partition coefficient (Wildman–Crippen LogP) is 9.41. The Hall–Kier alpha value is -5.30. The van der Waals surface area contributed by atoms with Gasteiger partial charge in [-0.15, -0.1) is 24.5 Å². The van der Waals surface area contributed by atoms with Crippen molar-refractivity contribution in [1.29, 1.82) is 0 Å². The number of ether oxygens (including phenoxy) is 3. The molecule has 1 N–H and O–H groups in total. The van der Waals surface area contributed by atoms with Gasteiger partial charge in [0.1, 0.15) is 28.0 Å². The van der Waals surface area contributed by atoms with Gasteiger partial charge in [-0.25, -0.2) is 13.4 Å². The first-order valence-electron chi connectivity index (χ1n) is 23.7. The average Bonchev–Trinajstić information content (AvgIpc) is 3.94. The summed E-state index contributed by atoms with van der Waals surface area (Å²) < 4.78 is 84.5. The van der Waals surface area contributed by atoms with Gasteiger partial charge in [-0.1, -0.05) is 43.2 Å². The number of amides is 2. The van der Waals surface area contributed by atoms with Gasteiger partial charge in [0.2, 0.25) is 21.8 Å². The van der Waals surface area contributed by atoms with Gasteiger partial charge in [-0.3, -0.25) is 28.5 Å². The Morgan fingerprint density at radius 2 is 1.75 bits per heavy atom. The molecule has 3 fully saturated rings. The molecule has 4 aromatic rings. The standard InChI is InChI=1S/C50H60F3N5O9S2/c1-30(2)58-38-16-12-15-37(43-54-34(29-68-43)23-31-17-19-35(20-18-31)66-50(51,52)53)42(38)55-46(58)65-36-25-39-40(59)27-49(45(62)56-69(63,64)48(6)21-22-48)26-33(49)14-11-9-7-8-10-13-32(44(61)57(39)28-36)24-41(60)67-47(3,4)5/h11-12,14-20,29-30,32-33,36,39H,7-10,13,21-28H2,1-6H3,(H,56,62)/b14-11-/t32-,33-,36-,39+,49-/m1/s1. The number of sulfonamides is 1. The zero-order chi connectivity index (χ0) is 49.7. The summed E-state index contributed by atoms with van der Waals surface area (Å²) in [6.07, 6.45) is 2.80. The number of rotatable bonds is 12. The number of nitrogens with one attached hydrogen (secondary N) is 1. The summed E-state index contributed by atoms with van der Waals surface area (Å²) in [5.41, 5.74) is 1.43. The third-order valence-electron chi connectivity index (χ3n) is 13.6. The minimum absolute atomic E-state index is 0.0113. The molecule has 0 spiro atoms. The Morgan fingerprint density at radius 1 is 1.01 bits per heavy atom. The summed E-state index contributed by atoms with van der Waals surface area (Å²) in [4.78, 5) is 68.5. The highest BCUT2D eigenvalue weighted by Crippen LogP contribution is 2.58. The van der Waals surface area contributed by atoms with Gasteiger partial charge < -0.3 is 19.1 Å². The SMILES string of the molecule is CC(C)n1c(O[C@@H]2C[C@H]3C(=O)C[C@]4(C(=O)NS(=O)(=O)C5(C)CC5)C[C@H]4/C=C\CCCCC[C@H](CC(=O)OC(C)(C)C)C(=O)N3C2)nc2c(-c3nc(Cc4ccc(OC(F)(F)F)cc4)cs3)cccc21. The molecule has 2 aliphatic carbocycles. The largest absolute Gasteiger partial charge is 0.573 e. The molecular formula is C50H60F3N5O9S2. The molecule has 5 atom stereocenters. The van der Waals surface area contributed by atoms with Gasteiger partial charge in [0, 0.05) is 42.2 Å². The highest BCUT2D eigenvalue weighted by molar-refractivity contribution is 7.91. The molecule has 0 bridgehead atoms. The van der Waals surface area contributed by atoms with E-state index in [1.165, 1.54) is 28.4 Å². The number of thiazole rings is 1. The number of hydrogen-bond acceptors (Lipinski definition) is 12. The smallest absolute Gasteiger partial charge is 0.460 e. The maximum Gasteiger partial charge on any atom is 0.573 e. The van der Waals surface area contributed by atoms with Crippen LogP contribution in [0.2, 0.25) is 0 Å². The van der Waals surface area contributed by atoms with E-state index in [1.54, 1.807) is 39.8 Å². The second-order valence-electron chi connectivity index (χ2n) is 20.6. The van der Waals surface area contributed by atoms with E-state index in [1.807, 2.05) is 54.1 Å². The Labute approximate surface area is 404 Å². The van der Waals surface area contributed by atoms with E-state index in [0.717, 1.165) is 29.5 Å². The number of aromatic nitrogens is 3. The summed E-state index contributed by atoms with van der Waals surface area (Å²) in [7, 11) is -4.00. The first-order chi connectivity index (χ1) is 32.4. The lowest BCUT2D eigenvalue weighted by molar-refractivity contribution is -0.274. The van der Waals surface area contributed by atoms with Crippen LogP contribution in [0.3, 0.4) is 0 Å². The lowest BCUT2D eigenvalue weighted by atomic mass is 9.90. The third-order valence-corrected chi connectivity index (χ3v) is 16.7. The number of ketones is 1. The van der Waals surface area contributed by atoms with Crippen LogP contribution in [0.15, 0.2) is 60.0 Å². The van der Waals surface area contributed by atoms with Crippen molar-refractivity contribution in [3.8, 4) is 22.3 Å². The molecule has 4 aliphatic rings. The Bertz CT molecular complexity index is 2740. The number of benzene rings is 2. The van der Waals surface area contributed by atoms with Crippen molar-refractivity contribution in [3.63, 3.8) is 0 Å². The van der Waals surface area contributed by atoms with E-state index in [4.69, 9.17) is 19.4 Å². The molecule has 1 saturated heterocycles. The van der Waals surface area contributed by atoms with Gasteiger partial charge >= 0.3 is 12.3 Å². The maximum absolute atomic E-state index is 14.9. The van der Waals surface area contributed by atoms with E-state index in [9.17, 15) is 40.8 Å². The molecule has 0 unspecified atom stereocenters. The molecule has 2 amide bonds. The number of imidazole rings is 1. The number of fused-ring (bicyclic) bond motifs is 3. The van der Waals surface area contributed by atoms with Gasteiger partial charge in [-0.2, -0.15) is 4.98 Å². The summed E-state index contributed by atoms with van der Waals surface area (Å²) in [6, 6.07) is 10.4. The number of esters is 1. The molecule has 8 rings (SSSR count). The predicted molar refractivity (Wildman–Crippen MR) is 253 cm³/mol. The number of hydrogen-bond donors (Lipinski definition) is 1. The first kappa shape index (κ1) is 50.1. The van der Waals surface area contributed by atoms with Crippen LogP contribution in [0.25, 0.3) is 21.6 Å². The number of nitrogens with zero attached hydrogens (tertiary/aromatic N) is 4. The fraction of sp³-hybridized carbons (Fsp3) is 0.560. The van der Waals surface area contributed by atoms with Crippen LogP contribution < -0.4 is 14.2 Å². The quantitative estimate of drug-likeness (QED) is 0.106. The molecule has 69 heavy (non-hydrogen) atoms. The van der Waals surface area contributed by atoms with Crippen LogP contribution in [-0.2, 0) is 40.4 Å². The number of carbonyl (C=O) groups excluding carboxylic acids is 4. The van der Waals surface area contributed by atoms with Crippen molar-refractivity contribution >= 4 is 56.0 Å². The molecule has 2 aromatic carbocycles. The maximum atomic E-state index is 14.9. The number of halogens is 3. The number of para-hydroxylation sites is 1. The highest BCUT2D eigenvalue weighted by atomic mass is 32.2. The molecule has 2 aliphatic heterocycles. The monoisotopic (exact) mass is 995 g/mol. The molecule has 2 saturated carbocycles. The molecule has 19 heteroatoms. The van der Waals surface area contributed by atoms with E-state index in [-0.39, 0.29) is 55.9 Å². The highest BCUT2D eigenvalue weighted by Gasteiger charge is 2.62. The van der Waals surface area contributed by atoms with Crippen molar-refractivity contribution < 1.29 is 55.0 Å². The Balaban J connectivity index is 1.08. The Morgan fingerprint density at radius 3 is 2.43 bits per heavy atom. The number of carbonyl (C=O) groups is 4. The van der Waals surface area contributed by atoms with Crippen molar-refractivity contribution in [2.45, 2.75) is 153 Å². The molecule has 2 aromatic heterocycles. The number of allylic oxidation sites excluding steroid dienone is 2. The lowest BCUT2D eigenvalue weighted by Crippen LogP contribution is -2.47. The van der Waals surface area contributed by atoms with E-state index < -0.39 is 73.8 Å². The van der Waals surface area contributed by atoms with Gasteiger partial charge in [0.05, 0.1) is 40.4 Å². The fourth-order valence-corrected chi connectivity index (χ4v) is 11.7. The fourth-order valence-electron chi connectivity index (χ4n) is 9.53. The van der Waals surface area contributed by atoms with E-state index in [2.05, 4.69) is 9.46 Å². The van der Waals surface area contributed by atoms with Crippen LogP contribution in [0.1, 0.15) is 129 Å². The van der Waals surface area contributed by atoms with Crippen LogP contribution >= 0.6 is 11.3 Å².